The van der Waals surface area contributed by atoms with Gasteiger partial charge in [-0.2, -0.15) is 15.0 Å². The molecule has 3 aromatic rings. The van der Waals surface area contributed by atoms with Gasteiger partial charge in [0, 0.05) is 18.2 Å². The molecule has 4 nitrogen and oxygen atoms in total. The highest BCUT2D eigenvalue weighted by Crippen LogP contribution is 2.22. The van der Waals surface area contributed by atoms with Crippen molar-refractivity contribution >= 4 is 0 Å². The second-order valence-corrected chi connectivity index (χ2v) is 7.59. The molecule has 4 heteroatoms. The SMILES string of the molecule is Cc1ccc(Cn2nc(CNC3CCCCC3)c(-c3ccccc3)n2)cc1. The number of benzene rings is 2. The van der Waals surface area contributed by atoms with Crippen LogP contribution in [0.4, 0.5) is 0 Å². The lowest BCUT2D eigenvalue weighted by atomic mass is 9.95. The molecule has 0 spiro atoms. The molecule has 0 bridgehead atoms. The average molecular weight is 361 g/mol. The van der Waals surface area contributed by atoms with Gasteiger partial charge in [0.25, 0.3) is 0 Å². The summed E-state index contributed by atoms with van der Waals surface area (Å²) in [5.41, 5.74) is 5.66. The van der Waals surface area contributed by atoms with Crippen molar-refractivity contribution in [2.24, 2.45) is 0 Å². The minimum atomic E-state index is 0.615. The Bertz CT molecular complexity index is 846. The summed E-state index contributed by atoms with van der Waals surface area (Å²) >= 11 is 0. The lowest BCUT2D eigenvalue weighted by molar-refractivity contribution is 0.370. The Balaban J connectivity index is 1.55. The first-order valence-electron chi connectivity index (χ1n) is 10.1. The van der Waals surface area contributed by atoms with Gasteiger partial charge in [0.15, 0.2) is 0 Å². The largest absolute Gasteiger partial charge is 0.308 e. The van der Waals surface area contributed by atoms with E-state index in [1.807, 2.05) is 10.9 Å². The fourth-order valence-corrected chi connectivity index (χ4v) is 3.80. The molecule has 1 saturated carbocycles. The number of nitrogens with zero attached hydrogens (tertiary/aromatic N) is 3. The summed E-state index contributed by atoms with van der Waals surface area (Å²) in [5, 5.41) is 13.4. The molecule has 4 rings (SSSR count). The van der Waals surface area contributed by atoms with Crippen molar-refractivity contribution in [3.63, 3.8) is 0 Å². The van der Waals surface area contributed by atoms with Crippen molar-refractivity contribution in [1.29, 1.82) is 0 Å². The molecule has 1 aliphatic carbocycles. The lowest BCUT2D eigenvalue weighted by Gasteiger charge is -2.22. The van der Waals surface area contributed by atoms with Gasteiger partial charge in [-0.25, -0.2) is 0 Å². The summed E-state index contributed by atoms with van der Waals surface area (Å²) in [6, 6.07) is 19.6. The summed E-state index contributed by atoms with van der Waals surface area (Å²) in [4.78, 5) is 1.84. The number of hydrogen-bond donors (Lipinski definition) is 1. The molecule has 1 fully saturated rings. The molecule has 0 aliphatic heterocycles. The highest BCUT2D eigenvalue weighted by Gasteiger charge is 2.17. The van der Waals surface area contributed by atoms with Crippen LogP contribution in [0.1, 0.15) is 48.9 Å². The van der Waals surface area contributed by atoms with Crippen LogP contribution < -0.4 is 5.32 Å². The van der Waals surface area contributed by atoms with Gasteiger partial charge < -0.3 is 5.32 Å². The zero-order valence-electron chi connectivity index (χ0n) is 16.1. The summed E-state index contributed by atoms with van der Waals surface area (Å²) in [6.07, 6.45) is 6.60. The highest BCUT2D eigenvalue weighted by atomic mass is 15.5. The van der Waals surface area contributed by atoms with Gasteiger partial charge in [-0.3, -0.25) is 0 Å². The molecule has 1 aromatic heterocycles. The van der Waals surface area contributed by atoms with Crippen LogP contribution in [0.5, 0.6) is 0 Å². The number of aryl methyl sites for hydroxylation is 1. The van der Waals surface area contributed by atoms with E-state index in [0.717, 1.165) is 23.5 Å². The molecule has 0 atom stereocenters. The molecule has 1 aliphatic rings. The molecular formula is C23H28N4. The van der Waals surface area contributed by atoms with Crippen LogP contribution in [-0.2, 0) is 13.1 Å². The summed E-state index contributed by atoms with van der Waals surface area (Å²) in [7, 11) is 0. The first kappa shape index (κ1) is 17.9. The quantitative estimate of drug-likeness (QED) is 0.691. The Labute approximate surface area is 161 Å². The van der Waals surface area contributed by atoms with Crippen molar-refractivity contribution in [2.45, 2.75) is 58.2 Å². The standard InChI is InChI=1S/C23H28N4/c1-18-12-14-19(15-13-18)17-27-25-22(16-24-21-10-6-3-7-11-21)23(26-27)20-8-4-2-5-9-20/h2,4-5,8-9,12-15,21,24H,3,6-7,10-11,16-17H2,1H3. The molecule has 0 amide bonds. The minimum absolute atomic E-state index is 0.615. The van der Waals surface area contributed by atoms with Gasteiger partial charge in [0.2, 0.25) is 0 Å². The van der Waals surface area contributed by atoms with E-state index in [-0.39, 0.29) is 0 Å². The summed E-state index contributed by atoms with van der Waals surface area (Å²) in [5.74, 6) is 0. The monoisotopic (exact) mass is 360 g/mol. The smallest absolute Gasteiger partial charge is 0.117 e. The van der Waals surface area contributed by atoms with Crippen LogP contribution in [-0.4, -0.2) is 21.0 Å². The normalized spacial score (nSPS) is 15.1. The fraction of sp³-hybridized carbons (Fsp3) is 0.391. The molecule has 1 N–H and O–H groups in total. The Hall–Kier alpha value is -2.46. The van der Waals surface area contributed by atoms with E-state index in [4.69, 9.17) is 10.2 Å². The zero-order valence-corrected chi connectivity index (χ0v) is 16.1. The predicted molar refractivity (Wildman–Crippen MR) is 109 cm³/mol. The van der Waals surface area contributed by atoms with E-state index >= 15 is 0 Å². The molecule has 0 radical (unpaired) electrons. The zero-order chi connectivity index (χ0) is 18.5. The molecule has 140 valence electrons. The Morgan fingerprint density at radius 2 is 1.67 bits per heavy atom. The maximum Gasteiger partial charge on any atom is 0.117 e. The number of aromatic nitrogens is 3. The number of nitrogens with one attached hydrogen (secondary N) is 1. The predicted octanol–water partition coefficient (Wildman–Crippen LogP) is 4.72. The Morgan fingerprint density at radius 1 is 0.926 bits per heavy atom. The third kappa shape index (κ3) is 4.64. The van der Waals surface area contributed by atoms with Crippen LogP contribution in [0.15, 0.2) is 54.6 Å². The number of hydrogen-bond acceptors (Lipinski definition) is 3. The summed E-state index contributed by atoms with van der Waals surface area (Å²) < 4.78 is 0. The van der Waals surface area contributed by atoms with Gasteiger partial charge in [-0.05, 0) is 25.3 Å². The van der Waals surface area contributed by atoms with Crippen molar-refractivity contribution in [2.75, 3.05) is 0 Å². The average Bonchev–Trinajstić information content (AvgIpc) is 3.12. The summed E-state index contributed by atoms with van der Waals surface area (Å²) in [6.45, 7) is 3.59. The molecule has 1 heterocycles. The van der Waals surface area contributed by atoms with E-state index in [9.17, 15) is 0 Å². The fourth-order valence-electron chi connectivity index (χ4n) is 3.80. The third-order valence-electron chi connectivity index (χ3n) is 5.38. The minimum Gasteiger partial charge on any atom is -0.308 e. The second kappa shape index (κ2) is 8.49. The van der Waals surface area contributed by atoms with E-state index in [1.165, 1.54) is 43.2 Å². The van der Waals surface area contributed by atoms with Gasteiger partial charge in [-0.1, -0.05) is 79.4 Å². The van der Waals surface area contributed by atoms with Crippen LogP contribution >= 0.6 is 0 Å². The van der Waals surface area contributed by atoms with E-state index in [2.05, 4.69) is 60.8 Å². The molecular weight excluding hydrogens is 332 g/mol. The number of rotatable bonds is 6. The van der Waals surface area contributed by atoms with E-state index in [1.54, 1.807) is 0 Å². The van der Waals surface area contributed by atoms with Crippen LogP contribution in [0.2, 0.25) is 0 Å². The van der Waals surface area contributed by atoms with Gasteiger partial charge in [0.1, 0.15) is 11.4 Å². The van der Waals surface area contributed by atoms with Crippen LogP contribution in [0.25, 0.3) is 11.3 Å². The van der Waals surface area contributed by atoms with Gasteiger partial charge >= 0.3 is 0 Å². The van der Waals surface area contributed by atoms with Crippen LogP contribution in [0, 0.1) is 6.92 Å². The van der Waals surface area contributed by atoms with Crippen molar-refractivity contribution < 1.29 is 0 Å². The maximum absolute atomic E-state index is 4.83. The highest BCUT2D eigenvalue weighted by molar-refractivity contribution is 5.60. The van der Waals surface area contributed by atoms with Gasteiger partial charge in [0.05, 0.1) is 6.54 Å². The molecule has 2 aromatic carbocycles. The topological polar surface area (TPSA) is 42.7 Å². The third-order valence-corrected chi connectivity index (χ3v) is 5.38. The maximum atomic E-state index is 4.83. The van der Waals surface area contributed by atoms with Crippen molar-refractivity contribution in [1.82, 2.24) is 20.3 Å². The Kier molecular flexibility index (Phi) is 5.64. The van der Waals surface area contributed by atoms with Crippen LogP contribution in [0.3, 0.4) is 0 Å². The lowest BCUT2D eigenvalue weighted by Crippen LogP contribution is -2.30. The first-order valence-corrected chi connectivity index (χ1v) is 10.1. The molecule has 0 unspecified atom stereocenters. The molecule has 0 saturated heterocycles. The van der Waals surface area contributed by atoms with Crippen molar-refractivity contribution in [3.05, 3.63) is 71.4 Å². The Morgan fingerprint density at radius 3 is 2.41 bits per heavy atom. The van der Waals surface area contributed by atoms with E-state index in [0.29, 0.717) is 12.6 Å². The van der Waals surface area contributed by atoms with E-state index < -0.39 is 0 Å². The van der Waals surface area contributed by atoms with Crippen molar-refractivity contribution in [3.8, 4) is 11.3 Å². The second-order valence-electron chi connectivity index (χ2n) is 7.59. The van der Waals surface area contributed by atoms with Gasteiger partial charge in [-0.15, -0.1) is 0 Å². The molecule has 27 heavy (non-hydrogen) atoms. The first-order chi connectivity index (χ1) is 13.3.